The van der Waals surface area contributed by atoms with Crippen LogP contribution in [-0.4, -0.2) is 57.4 Å². The smallest absolute Gasteiger partial charge is 0.283 e. The fourth-order valence-corrected chi connectivity index (χ4v) is 3.13. The number of aromatic nitrogens is 5. The van der Waals surface area contributed by atoms with Crippen LogP contribution >= 0.6 is 0 Å². The molecular formula is C17H21N6O2+. The van der Waals surface area contributed by atoms with Gasteiger partial charge in [-0.1, -0.05) is 17.3 Å². The lowest BCUT2D eigenvalue weighted by molar-refractivity contribution is -0.908. The Bertz CT molecular complexity index is 942. The lowest BCUT2D eigenvalue weighted by Gasteiger charge is -2.23. The van der Waals surface area contributed by atoms with E-state index < -0.39 is 0 Å². The Balaban J connectivity index is 1.62. The highest BCUT2D eigenvalue weighted by molar-refractivity contribution is 5.70. The van der Waals surface area contributed by atoms with Gasteiger partial charge in [0, 0.05) is 0 Å². The maximum Gasteiger partial charge on any atom is 0.283 e. The summed E-state index contributed by atoms with van der Waals surface area (Å²) in [5.41, 5.74) is 2.62. The van der Waals surface area contributed by atoms with E-state index in [9.17, 15) is 4.79 Å². The van der Waals surface area contributed by atoms with Crippen molar-refractivity contribution in [3.8, 4) is 5.69 Å². The Morgan fingerprint density at radius 3 is 2.92 bits per heavy atom. The normalized spacial score (nSPS) is 15.7. The largest absolute Gasteiger partial charge is 0.370 e. The average molecular weight is 341 g/mol. The van der Waals surface area contributed by atoms with Crippen molar-refractivity contribution in [3.05, 3.63) is 46.5 Å². The predicted octanol–water partition coefficient (Wildman–Crippen LogP) is -0.799. The molecule has 1 aliphatic rings. The minimum absolute atomic E-state index is 0.142. The minimum atomic E-state index is -0.142. The van der Waals surface area contributed by atoms with E-state index in [1.54, 1.807) is 15.6 Å². The van der Waals surface area contributed by atoms with Gasteiger partial charge >= 0.3 is 0 Å². The van der Waals surface area contributed by atoms with E-state index >= 15 is 0 Å². The number of benzene rings is 1. The second-order valence-electron chi connectivity index (χ2n) is 6.37. The van der Waals surface area contributed by atoms with Crippen molar-refractivity contribution >= 4 is 11.2 Å². The van der Waals surface area contributed by atoms with Crippen LogP contribution in [0.4, 0.5) is 0 Å². The summed E-state index contributed by atoms with van der Waals surface area (Å²) in [6, 6.07) is 7.88. The zero-order valence-electron chi connectivity index (χ0n) is 14.2. The number of nitrogens with one attached hydrogen (secondary N) is 1. The molecule has 1 N–H and O–H groups in total. The van der Waals surface area contributed by atoms with Crippen molar-refractivity contribution in [3.63, 3.8) is 0 Å². The van der Waals surface area contributed by atoms with Gasteiger partial charge in [0.05, 0.1) is 32.0 Å². The van der Waals surface area contributed by atoms with Crippen LogP contribution in [0.25, 0.3) is 16.9 Å². The molecule has 1 fully saturated rings. The molecule has 0 spiro atoms. The van der Waals surface area contributed by atoms with Gasteiger partial charge in [-0.3, -0.25) is 9.36 Å². The molecular weight excluding hydrogens is 320 g/mol. The summed E-state index contributed by atoms with van der Waals surface area (Å²) in [7, 11) is 0. The Hall–Kier alpha value is -2.58. The van der Waals surface area contributed by atoms with Gasteiger partial charge < -0.3 is 9.64 Å². The topological polar surface area (TPSA) is 79.3 Å². The van der Waals surface area contributed by atoms with Gasteiger partial charge in [-0.05, 0) is 24.6 Å². The third kappa shape index (κ3) is 3.18. The van der Waals surface area contributed by atoms with Crippen LogP contribution in [-0.2, 0) is 11.3 Å². The van der Waals surface area contributed by atoms with Crippen LogP contribution in [0, 0.1) is 6.92 Å². The molecule has 2 aromatic heterocycles. The SMILES string of the molecule is Cc1cccc(-n2nnc3c(=O)n(CC[NH+]4CCOCC4)cnc32)c1. The van der Waals surface area contributed by atoms with E-state index in [1.807, 2.05) is 31.2 Å². The van der Waals surface area contributed by atoms with E-state index in [0.29, 0.717) is 17.7 Å². The second kappa shape index (κ2) is 6.73. The molecule has 25 heavy (non-hydrogen) atoms. The van der Waals surface area contributed by atoms with Crippen LogP contribution in [0.15, 0.2) is 35.4 Å². The summed E-state index contributed by atoms with van der Waals surface area (Å²) < 4.78 is 8.60. The van der Waals surface area contributed by atoms with E-state index in [0.717, 1.165) is 44.1 Å². The quantitative estimate of drug-likeness (QED) is 0.672. The number of rotatable bonds is 4. The summed E-state index contributed by atoms with van der Waals surface area (Å²) in [6.45, 7) is 7.04. The number of nitrogens with zero attached hydrogens (tertiary/aromatic N) is 5. The highest BCUT2D eigenvalue weighted by Gasteiger charge is 2.16. The van der Waals surface area contributed by atoms with E-state index in [-0.39, 0.29) is 5.56 Å². The first-order valence-corrected chi connectivity index (χ1v) is 8.51. The van der Waals surface area contributed by atoms with Crippen LogP contribution in [0.2, 0.25) is 0 Å². The molecule has 1 aliphatic heterocycles. The molecule has 8 heteroatoms. The van der Waals surface area contributed by atoms with Gasteiger partial charge in [-0.2, -0.15) is 4.68 Å². The molecule has 4 rings (SSSR count). The molecule has 8 nitrogen and oxygen atoms in total. The lowest BCUT2D eigenvalue weighted by Crippen LogP contribution is -3.14. The average Bonchev–Trinajstić information content (AvgIpc) is 3.07. The monoisotopic (exact) mass is 341 g/mol. The van der Waals surface area contributed by atoms with Crippen LogP contribution in [0.3, 0.4) is 0 Å². The van der Waals surface area contributed by atoms with Gasteiger partial charge in [0.15, 0.2) is 11.2 Å². The summed E-state index contributed by atoms with van der Waals surface area (Å²) in [5.74, 6) is 0. The van der Waals surface area contributed by atoms with Gasteiger partial charge in [0.1, 0.15) is 19.4 Å². The van der Waals surface area contributed by atoms with Gasteiger partial charge in [0.25, 0.3) is 5.56 Å². The first-order valence-electron chi connectivity index (χ1n) is 8.51. The highest BCUT2D eigenvalue weighted by Crippen LogP contribution is 2.13. The minimum Gasteiger partial charge on any atom is -0.370 e. The number of aryl methyl sites for hydroxylation is 1. The van der Waals surface area contributed by atoms with Crippen LogP contribution < -0.4 is 10.5 Å². The van der Waals surface area contributed by atoms with Gasteiger partial charge in [0.2, 0.25) is 0 Å². The lowest BCUT2D eigenvalue weighted by atomic mass is 10.2. The Labute approximate surface area is 144 Å². The zero-order valence-corrected chi connectivity index (χ0v) is 14.2. The summed E-state index contributed by atoms with van der Waals surface area (Å²) in [5, 5.41) is 8.20. The standard InChI is InChI=1S/C17H20N6O2/c1-13-3-2-4-14(11-13)23-16-15(19-20-23)17(24)22(12-18-16)6-5-21-7-9-25-10-8-21/h2-4,11-12H,5-10H2,1H3/p+1. The molecule has 3 aromatic rings. The number of fused-ring (bicyclic) bond motifs is 1. The number of hydrogen-bond acceptors (Lipinski definition) is 5. The predicted molar refractivity (Wildman–Crippen MR) is 92.0 cm³/mol. The molecule has 0 unspecified atom stereocenters. The first-order chi connectivity index (χ1) is 12.2. The molecule has 0 aliphatic carbocycles. The Morgan fingerprint density at radius 1 is 1.28 bits per heavy atom. The summed E-state index contributed by atoms with van der Waals surface area (Å²) in [6.07, 6.45) is 1.60. The fourth-order valence-electron chi connectivity index (χ4n) is 3.13. The van der Waals surface area contributed by atoms with Crippen molar-refractivity contribution in [2.75, 3.05) is 32.8 Å². The zero-order chi connectivity index (χ0) is 17.2. The maximum absolute atomic E-state index is 12.7. The van der Waals surface area contributed by atoms with Crippen molar-refractivity contribution in [1.82, 2.24) is 24.5 Å². The number of morpholine rings is 1. The van der Waals surface area contributed by atoms with E-state index in [1.165, 1.54) is 4.90 Å². The molecule has 1 aromatic carbocycles. The molecule has 0 bridgehead atoms. The van der Waals surface area contributed by atoms with E-state index in [2.05, 4.69) is 15.3 Å². The Morgan fingerprint density at radius 2 is 2.12 bits per heavy atom. The molecule has 0 radical (unpaired) electrons. The van der Waals surface area contributed by atoms with Crippen molar-refractivity contribution < 1.29 is 9.64 Å². The first kappa shape index (κ1) is 15.9. The second-order valence-corrected chi connectivity index (χ2v) is 6.37. The Kier molecular flexibility index (Phi) is 4.29. The van der Waals surface area contributed by atoms with Crippen LogP contribution in [0.5, 0.6) is 0 Å². The number of ether oxygens (including phenoxy) is 1. The number of hydrogen-bond donors (Lipinski definition) is 1. The van der Waals surface area contributed by atoms with Crippen LogP contribution in [0.1, 0.15) is 5.56 Å². The molecule has 1 saturated heterocycles. The van der Waals surface area contributed by atoms with Gasteiger partial charge in [-0.25, -0.2) is 4.98 Å². The maximum atomic E-state index is 12.7. The third-order valence-electron chi connectivity index (χ3n) is 4.58. The fraction of sp³-hybridized carbons (Fsp3) is 0.412. The summed E-state index contributed by atoms with van der Waals surface area (Å²) in [4.78, 5) is 18.6. The van der Waals surface area contributed by atoms with Crippen molar-refractivity contribution in [2.45, 2.75) is 13.5 Å². The van der Waals surface area contributed by atoms with Crippen molar-refractivity contribution in [2.24, 2.45) is 0 Å². The molecule has 130 valence electrons. The molecule has 0 saturated carbocycles. The highest BCUT2D eigenvalue weighted by atomic mass is 16.5. The van der Waals surface area contributed by atoms with E-state index in [4.69, 9.17) is 4.74 Å². The summed E-state index contributed by atoms with van der Waals surface area (Å²) >= 11 is 0. The van der Waals surface area contributed by atoms with Crippen molar-refractivity contribution in [1.29, 1.82) is 0 Å². The third-order valence-corrected chi connectivity index (χ3v) is 4.58. The van der Waals surface area contributed by atoms with Gasteiger partial charge in [-0.15, -0.1) is 5.10 Å². The molecule has 3 heterocycles. The molecule has 0 atom stereocenters. The number of quaternary nitrogens is 1. The molecule has 0 amide bonds.